The number of carboxylic acids is 1. The van der Waals surface area contributed by atoms with Gasteiger partial charge in [-0.05, 0) is 19.9 Å². The molecule has 0 aromatic heterocycles. The standard InChI is InChI=1S/C10H10F2O2/c1-10(2,9(13)14)6-4-3-5-7(11)8(6)12/h3-5H,1-2H3,(H,13,14). The molecule has 0 aliphatic carbocycles. The fourth-order valence-corrected chi connectivity index (χ4v) is 1.10. The fourth-order valence-electron chi connectivity index (χ4n) is 1.10. The molecule has 0 atom stereocenters. The topological polar surface area (TPSA) is 37.3 Å². The van der Waals surface area contributed by atoms with E-state index in [-0.39, 0.29) is 5.56 Å². The van der Waals surface area contributed by atoms with E-state index in [1.54, 1.807) is 0 Å². The Morgan fingerprint density at radius 1 is 1.36 bits per heavy atom. The highest BCUT2D eigenvalue weighted by Gasteiger charge is 2.33. The molecular formula is C10H10F2O2. The summed E-state index contributed by atoms with van der Waals surface area (Å²) >= 11 is 0. The maximum atomic E-state index is 13.2. The second-order valence-corrected chi connectivity index (χ2v) is 3.53. The maximum absolute atomic E-state index is 13.2. The highest BCUT2D eigenvalue weighted by Crippen LogP contribution is 2.27. The third kappa shape index (κ3) is 1.60. The predicted molar refractivity (Wildman–Crippen MR) is 47.0 cm³/mol. The number of halogens is 2. The van der Waals surface area contributed by atoms with E-state index in [4.69, 9.17) is 5.11 Å². The third-order valence-electron chi connectivity index (χ3n) is 2.16. The Labute approximate surface area is 80.2 Å². The van der Waals surface area contributed by atoms with Crippen molar-refractivity contribution < 1.29 is 18.7 Å². The van der Waals surface area contributed by atoms with Crippen LogP contribution in [-0.2, 0) is 10.2 Å². The van der Waals surface area contributed by atoms with E-state index >= 15 is 0 Å². The van der Waals surface area contributed by atoms with Gasteiger partial charge in [0.2, 0.25) is 0 Å². The van der Waals surface area contributed by atoms with Gasteiger partial charge in [0, 0.05) is 5.56 Å². The van der Waals surface area contributed by atoms with Crippen LogP contribution < -0.4 is 0 Å². The van der Waals surface area contributed by atoms with Gasteiger partial charge in [-0.1, -0.05) is 12.1 Å². The lowest BCUT2D eigenvalue weighted by molar-refractivity contribution is -0.142. The molecule has 1 aromatic carbocycles. The van der Waals surface area contributed by atoms with Crippen LogP contribution in [0.2, 0.25) is 0 Å². The van der Waals surface area contributed by atoms with E-state index in [0.29, 0.717) is 0 Å². The minimum Gasteiger partial charge on any atom is -0.481 e. The molecule has 0 saturated heterocycles. The van der Waals surface area contributed by atoms with Crippen molar-refractivity contribution in [1.82, 2.24) is 0 Å². The van der Waals surface area contributed by atoms with Gasteiger partial charge in [-0.2, -0.15) is 0 Å². The van der Waals surface area contributed by atoms with E-state index in [9.17, 15) is 13.6 Å². The lowest BCUT2D eigenvalue weighted by Crippen LogP contribution is -2.29. The Morgan fingerprint density at radius 3 is 2.43 bits per heavy atom. The van der Waals surface area contributed by atoms with Gasteiger partial charge in [-0.15, -0.1) is 0 Å². The number of rotatable bonds is 2. The Bertz CT molecular complexity index is 372. The summed E-state index contributed by atoms with van der Waals surface area (Å²) in [5.41, 5.74) is -1.57. The molecule has 0 bridgehead atoms. The summed E-state index contributed by atoms with van der Waals surface area (Å²) in [4.78, 5) is 10.8. The summed E-state index contributed by atoms with van der Waals surface area (Å²) in [5, 5.41) is 8.82. The molecule has 1 rings (SSSR count). The molecule has 1 aromatic rings. The first kappa shape index (κ1) is 10.6. The molecule has 0 unspecified atom stereocenters. The van der Waals surface area contributed by atoms with Crippen molar-refractivity contribution in [1.29, 1.82) is 0 Å². The molecule has 0 fully saturated rings. The lowest BCUT2D eigenvalue weighted by atomic mass is 9.84. The molecule has 2 nitrogen and oxygen atoms in total. The zero-order valence-electron chi connectivity index (χ0n) is 7.84. The van der Waals surface area contributed by atoms with Gasteiger partial charge in [0.05, 0.1) is 5.41 Å². The van der Waals surface area contributed by atoms with Crippen molar-refractivity contribution in [3.8, 4) is 0 Å². The van der Waals surface area contributed by atoms with Gasteiger partial charge in [-0.25, -0.2) is 8.78 Å². The molecule has 0 aliphatic heterocycles. The van der Waals surface area contributed by atoms with Crippen LogP contribution in [0.4, 0.5) is 8.78 Å². The van der Waals surface area contributed by atoms with Crippen molar-refractivity contribution >= 4 is 5.97 Å². The van der Waals surface area contributed by atoms with Crippen molar-refractivity contribution in [3.05, 3.63) is 35.4 Å². The van der Waals surface area contributed by atoms with Crippen molar-refractivity contribution in [2.24, 2.45) is 0 Å². The van der Waals surface area contributed by atoms with Crippen LogP contribution in [0, 0.1) is 11.6 Å². The highest BCUT2D eigenvalue weighted by atomic mass is 19.2. The van der Waals surface area contributed by atoms with Gasteiger partial charge >= 0.3 is 5.97 Å². The zero-order chi connectivity index (χ0) is 10.9. The van der Waals surface area contributed by atoms with Crippen LogP contribution in [-0.4, -0.2) is 11.1 Å². The third-order valence-corrected chi connectivity index (χ3v) is 2.16. The molecular weight excluding hydrogens is 190 g/mol. The van der Waals surface area contributed by atoms with Gasteiger partial charge in [0.15, 0.2) is 11.6 Å². The molecule has 1 N–H and O–H groups in total. The largest absolute Gasteiger partial charge is 0.481 e. The van der Waals surface area contributed by atoms with Crippen LogP contribution in [0.25, 0.3) is 0 Å². The van der Waals surface area contributed by atoms with E-state index in [1.165, 1.54) is 26.0 Å². The monoisotopic (exact) mass is 200 g/mol. The minimum absolute atomic E-state index is 0.148. The number of benzene rings is 1. The van der Waals surface area contributed by atoms with E-state index in [0.717, 1.165) is 6.07 Å². The summed E-state index contributed by atoms with van der Waals surface area (Å²) < 4.78 is 26.0. The molecule has 0 heterocycles. The van der Waals surface area contributed by atoms with Crippen LogP contribution in [0.1, 0.15) is 19.4 Å². The first-order valence-electron chi connectivity index (χ1n) is 4.05. The van der Waals surface area contributed by atoms with E-state index < -0.39 is 23.0 Å². The summed E-state index contributed by atoms with van der Waals surface area (Å²) in [6, 6.07) is 3.52. The summed E-state index contributed by atoms with van der Waals surface area (Å²) in [5.74, 6) is -3.32. The first-order chi connectivity index (χ1) is 6.37. The average molecular weight is 200 g/mol. The SMILES string of the molecule is CC(C)(C(=O)O)c1cccc(F)c1F. The van der Waals surface area contributed by atoms with Crippen molar-refractivity contribution in [3.63, 3.8) is 0 Å². The minimum atomic E-state index is -1.42. The van der Waals surface area contributed by atoms with Gasteiger partial charge in [-0.3, -0.25) is 4.79 Å². The fraction of sp³-hybridized carbons (Fsp3) is 0.300. The summed E-state index contributed by atoms with van der Waals surface area (Å²) in [6.45, 7) is 2.65. The van der Waals surface area contributed by atoms with Gasteiger partial charge in [0.25, 0.3) is 0 Å². The van der Waals surface area contributed by atoms with E-state index in [1.807, 2.05) is 0 Å². The van der Waals surface area contributed by atoms with Crippen molar-refractivity contribution in [2.75, 3.05) is 0 Å². The van der Waals surface area contributed by atoms with Crippen molar-refractivity contribution in [2.45, 2.75) is 19.3 Å². The summed E-state index contributed by atoms with van der Waals surface area (Å²) in [7, 11) is 0. The molecule has 76 valence electrons. The second kappa shape index (κ2) is 3.36. The zero-order valence-corrected chi connectivity index (χ0v) is 7.84. The second-order valence-electron chi connectivity index (χ2n) is 3.53. The summed E-state index contributed by atoms with van der Waals surface area (Å²) in [6.07, 6.45) is 0. The normalized spacial score (nSPS) is 11.4. The Hall–Kier alpha value is -1.45. The van der Waals surface area contributed by atoms with Crippen LogP contribution in [0.5, 0.6) is 0 Å². The smallest absolute Gasteiger partial charge is 0.313 e. The molecule has 0 spiro atoms. The Kier molecular flexibility index (Phi) is 2.55. The molecule has 0 radical (unpaired) electrons. The first-order valence-corrected chi connectivity index (χ1v) is 4.05. The number of carbonyl (C=O) groups is 1. The maximum Gasteiger partial charge on any atom is 0.313 e. The molecule has 14 heavy (non-hydrogen) atoms. The Balaban J connectivity index is 3.33. The number of hydrogen-bond donors (Lipinski definition) is 1. The number of carboxylic acid groups (broad SMARTS) is 1. The van der Waals surface area contributed by atoms with Gasteiger partial charge < -0.3 is 5.11 Å². The van der Waals surface area contributed by atoms with Gasteiger partial charge in [0.1, 0.15) is 0 Å². The van der Waals surface area contributed by atoms with Crippen LogP contribution in [0.3, 0.4) is 0 Å². The van der Waals surface area contributed by atoms with E-state index in [2.05, 4.69) is 0 Å². The average Bonchev–Trinajstić information content (AvgIpc) is 2.09. The number of hydrogen-bond acceptors (Lipinski definition) is 1. The molecule has 0 amide bonds. The molecule has 4 heteroatoms. The lowest BCUT2D eigenvalue weighted by Gasteiger charge is -2.20. The quantitative estimate of drug-likeness (QED) is 0.795. The number of aliphatic carboxylic acids is 1. The predicted octanol–water partition coefficient (Wildman–Crippen LogP) is 2.33. The van der Waals surface area contributed by atoms with Crippen LogP contribution in [0.15, 0.2) is 18.2 Å². The molecule has 0 aliphatic rings. The Morgan fingerprint density at radius 2 is 1.93 bits per heavy atom. The van der Waals surface area contributed by atoms with Crippen LogP contribution >= 0.6 is 0 Å². The molecule has 0 saturated carbocycles. The highest BCUT2D eigenvalue weighted by molar-refractivity contribution is 5.80.